The number of hydrogen-bond acceptors (Lipinski definition) is 9. The van der Waals surface area contributed by atoms with Gasteiger partial charge in [-0.05, 0) is 43.7 Å². The number of nitrogens with zero attached hydrogens (tertiary/aromatic N) is 1. The van der Waals surface area contributed by atoms with E-state index in [0.29, 0.717) is 55.2 Å². The molecule has 0 aliphatic carbocycles. The number of aromatic amines is 1. The molecule has 42 heavy (non-hydrogen) atoms. The number of aliphatic hydroxyl groups is 1. The minimum Gasteiger partial charge on any atom is -0.464 e. The number of fused-ring (bicyclic) bond motifs is 2. The third-order valence-corrected chi connectivity index (χ3v) is 7.06. The van der Waals surface area contributed by atoms with Crippen LogP contribution < -0.4 is 10.7 Å². The second-order valence-electron chi connectivity index (χ2n) is 9.80. The summed E-state index contributed by atoms with van der Waals surface area (Å²) in [6.45, 7) is 3.58. The highest BCUT2D eigenvalue weighted by molar-refractivity contribution is 5.91. The lowest BCUT2D eigenvalue weighted by molar-refractivity contribution is -0.168. The molecule has 0 spiro atoms. The van der Waals surface area contributed by atoms with Crippen molar-refractivity contribution >= 4 is 27.9 Å². The molecule has 0 bridgehead atoms. The van der Waals surface area contributed by atoms with Crippen LogP contribution in [0.1, 0.15) is 30.7 Å². The number of hydrogen-bond donors (Lipinski definition) is 3. The molecule has 0 unspecified atom stereocenters. The van der Waals surface area contributed by atoms with Gasteiger partial charge < -0.3 is 38.8 Å². The third-order valence-electron chi connectivity index (χ3n) is 7.06. The minimum absolute atomic E-state index is 0.0496. The summed E-state index contributed by atoms with van der Waals surface area (Å²) in [6, 6.07) is 14.7. The Hall–Kier alpha value is -4.03. The molecule has 5 rings (SSSR count). The molecule has 11 heteroatoms. The minimum atomic E-state index is -0.808. The van der Waals surface area contributed by atoms with Gasteiger partial charge in [0.2, 0.25) is 6.29 Å². The highest BCUT2D eigenvalue weighted by atomic mass is 16.7. The van der Waals surface area contributed by atoms with Gasteiger partial charge in [-0.15, -0.1) is 0 Å². The molecule has 0 saturated heterocycles. The number of aliphatic hydroxyl groups excluding tert-OH is 1. The average molecular weight is 578 g/mol. The Morgan fingerprint density at radius 3 is 2.67 bits per heavy atom. The maximum atomic E-state index is 13.6. The molecule has 0 fully saturated rings. The van der Waals surface area contributed by atoms with Crippen molar-refractivity contribution in [1.82, 2.24) is 15.3 Å². The van der Waals surface area contributed by atoms with Gasteiger partial charge in [0.25, 0.3) is 5.91 Å². The first-order chi connectivity index (χ1) is 20.6. The topological polar surface area (TPSA) is 145 Å². The highest BCUT2D eigenvalue weighted by Gasteiger charge is 2.39. The summed E-state index contributed by atoms with van der Waals surface area (Å²) >= 11 is 0. The second kappa shape index (κ2) is 14.2. The largest absolute Gasteiger partial charge is 0.464 e. The van der Waals surface area contributed by atoms with Crippen molar-refractivity contribution in [1.29, 1.82) is 0 Å². The van der Waals surface area contributed by atoms with Gasteiger partial charge in [0.15, 0.2) is 11.2 Å². The standard InChI is InChI=1S/C31H35N3O8/c1-2-40-31-20(11-13-38-15-16-39-14-12-35)22(23-19-41-26-10-6-3-7-21(26)29(23)36)17-27(42-31)30(37)32-18-28-33-24-8-4-5-9-25(24)34-28/h3-10,17,19-20,22,31,35H,2,11-16,18H2,1H3,(H,32,37)(H,33,34)/t20-,22+,31-/m0/s1. The predicted molar refractivity (Wildman–Crippen MR) is 155 cm³/mol. The lowest BCUT2D eigenvalue weighted by Gasteiger charge is -2.36. The molecular weight excluding hydrogens is 542 g/mol. The van der Waals surface area contributed by atoms with Crippen LogP contribution in [0.2, 0.25) is 0 Å². The molecule has 3 atom stereocenters. The molecule has 11 nitrogen and oxygen atoms in total. The number of carbonyl (C=O) groups excluding carboxylic acids is 1. The summed E-state index contributed by atoms with van der Waals surface area (Å²) in [6.07, 6.45) is 2.80. The van der Waals surface area contributed by atoms with Crippen LogP contribution in [0.15, 0.2) is 75.8 Å². The molecule has 1 aliphatic rings. The van der Waals surface area contributed by atoms with Crippen molar-refractivity contribution in [2.45, 2.75) is 32.1 Å². The Bertz CT molecular complexity index is 1550. The Morgan fingerprint density at radius 2 is 1.86 bits per heavy atom. The number of ether oxygens (including phenoxy) is 4. The Balaban J connectivity index is 1.39. The molecule has 3 N–H and O–H groups in total. The summed E-state index contributed by atoms with van der Waals surface area (Å²) in [4.78, 5) is 34.7. The molecule has 1 amide bonds. The fourth-order valence-electron chi connectivity index (χ4n) is 5.06. The first-order valence-corrected chi connectivity index (χ1v) is 14.1. The monoisotopic (exact) mass is 577 g/mol. The summed E-state index contributed by atoms with van der Waals surface area (Å²) in [5.74, 6) is -0.688. The predicted octanol–water partition coefficient (Wildman–Crippen LogP) is 3.38. The maximum Gasteiger partial charge on any atom is 0.286 e. The van der Waals surface area contributed by atoms with Crippen LogP contribution in [-0.4, -0.2) is 66.9 Å². The quantitative estimate of drug-likeness (QED) is 0.192. The van der Waals surface area contributed by atoms with Gasteiger partial charge in [0.05, 0.1) is 55.7 Å². The van der Waals surface area contributed by atoms with Crippen molar-refractivity contribution in [3.8, 4) is 0 Å². The molecule has 0 saturated carbocycles. The molecule has 1 aliphatic heterocycles. The first-order valence-electron chi connectivity index (χ1n) is 14.1. The van der Waals surface area contributed by atoms with Crippen molar-refractivity contribution < 1.29 is 33.3 Å². The number of allylic oxidation sites excluding steroid dienone is 1. The van der Waals surface area contributed by atoms with E-state index in [-0.39, 0.29) is 36.9 Å². The molecule has 3 heterocycles. The Kier molecular flexibility index (Phi) is 9.98. The number of rotatable bonds is 14. The summed E-state index contributed by atoms with van der Waals surface area (Å²) in [5, 5.41) is 12.2. The molecule has 2 aromatic heterocycles. The van der Waals surface area contributed by atoms with E-state index in [2.05, 4.69) is 15.3 Å². The van der Waals surface area contributed by atoms with Gasteiger partial charge in [0, 0.05) is 30.6 Å². The zero-order chi connectivity index (χ0) is 29.3. The van der Waals surface area contributed by atoms with E-state index in [4.69, 9.17) is 28.5 Å². The number of aromatic nitrogens is 2. The maximum absolute atomic E-state index is 13.6. The Labute approximate surface area is 242 Å². The van der Waals surface area contributed by atoms with E-state index >= 15 is 0 Å². The van der Waals surface area contributed by atoms with E-state index in [0.717, 1.165) is 11.0 Å². The van der Waals surface area contributed by atoms with E-state index in [1.54, 1.807) is 30.3 Å². The number of amides is 1. The normalized spacial score (nSPS) is 18.6. The van der Waals surface area contributed by atoms with Gasteiger partial charge in [0.1, 0.15) is 11.4 Å². The molecular formula is C31H35N3O8. The van der Waals surface area contributed by atoms with Crippen LogP contribution in [0.3, 0.4) is 0 Å². The van der Waals surface area contributed by atoms with Crippen LogP contribution in [0.4, 0.5) is 0 Å². The van der Waals surface area contributed by atoms with Crippen molar-refractivity contribution in [3.63, 3.8) is 0 Å². The van der Waals surface area contributed by atoms with E-state index in [1.165, 1.54) is 6.26 Å². The lowest BCUT2D eigenvalue weighted by atomic mass is 9.81. The summed E-state index contributed by atoms with van der Waals surface area (Å²) in [5.41, 5.74) is 2.38. The number of nitrogens with one attached hydrogen (secondary N) is 2. The lowest BCUT2D eigenvalue weighted by Crippen LogP contribution is -2.40. The van der Waals surface area contributed by atoms with Crippen LogP contribution in [0, 0.1) is 5.92 Å². The average Bonchev–Trinajstić information content (AvgIpc) is 3.43. The van der Waals surface area contributed by atoms with E-state index in [1.807, 2.05) is 31.2 Å². The highest BCUT2D eigenvalue weighted by Crippen LogP contribution is 2.38. The first kappa shape index (κ1) is 29.5. The summed E-state index contributed by atoms with van der Waals surface area (Å²) < 4.78 is 28.9. The van der Waals surface area contributed by atoms with Crippen LogP contribution in [-0.2, 0) is 30.3 Å². The third kappa shape index (κ3) is 6.88. The number of H-pyrrole nitrogens is 1. The van der Waals surface area contributed by atoms with Crippen molar-refractivity contribution in [3.05, 3.63) is 88.2 Å². The molecule has 4 aromatic rings. The summed E-state index contributed by atoms with van der Waals surface area (Å²) in [7, 11) is 0. The number of benzene rings is 2. The van der Waals surface area contributed by atoms with Crippen LogP contribution in [0.25, 0.3) is 22.0 Å². The molecule has 0 radical (unpaired) electrons. The molecule has 2 aromatic carbocycles. The fraction of sp³-hybridized carbons (Fsp3) is 0.387. The van der Waals surface area contributed by atoms with Gasteiger partial charge >= 0.3 is 0 Å². The zero-order valence-electron chi connectivity index (χ0n) is 23.4. The SMILES string of the molecule is CCO[C@H]1OC(C(=O)NCc2nc3ccccc3[nH]2)=C[C@@H](c2coc3ccccc3c2=O)[C@@H]1CCOCCOCCO. The van der Waals surface area contributed by atoms with Crippen LogP contribution >= 0.6 is 0 Å². The van der Waals surface area contributed by atoms with Crippen molar-refractivity contribution in [2.75, 3.05) is 39.6 Å². The number of imidazole rings is 1. The van der Waals surface area contributed by atoms with E-state index < -0.39 is 18.1 Å². The van der Waals surface area contributed by atoms with Crippen LogP contribution in [0.5, 0.6) is 0 Å². The second-order valence-corrected chi connectivity index (χ2v) is 9.80. The van der Waals surface area contributed by atoms with Gasteiger partial charge in [-0.3, -0.25) is 9.59 Å². The fourth-order valence-corrected chi connectivity index (χ4v) is 5.06. The van der Waals surface area contributed by atoms with Gasteiger partial charge in [-0.25, -0.2) is 4.98 Å². The molecule has 222 valence electrons. The van der Waals surface area contributed by atoms with Gasteiger partial charge in [-0.1, -0.05) is 24.3 Å². The van der Waals surface area contributed by atoms with Crippen molar-refractivity contribution in [2.24, 2.45) is 5.92 Å². The zero-order valence-corrected chi connectivity index (χ0v) is 23.4. The Morgan fingerprint density at radius 1 is 1.07 bits per heavy atom. The van der Waals surface area contributed by atoms with Gasteiger partial charge in [-0.2, -0.15) is 0 Å². The smallest absolute Gasteiger partial charge is 0.286 e. The number of para-hydroxylation sites is 3. The number of carbonyl (C=O) groups is 1. The van der Waals surface area contributed by atoms with E-state index in [9.17, 15) is 9.59 Å².